The number of carboxylic acids is 1. The van der Waals surface area contributed by atoms with Gasteiger partial charge in [0, 0.05) is 16.5 Å². The summed E-state index contributed by atoms with van der Waals surface area (Å²) in [5.74, 6) is -1.87. The fourth-order valence-electron chi connectivity index (χ4n) is 3.60. The number of rotatable bonds is 4. The molecule has 1 aliphatic rings. The summed E-state index contributed by atoms with van der Waals surface area (Å²) in [6, 6.07) is 6.85. The average molecular weight is 420 g/mol. The summed E-state index contributed by atoms with van der Waals surface area (Å²) in [5, 5.41) is 19.7. The zero-order valence-corrected chi connectivity index (χ0v) is 17.6. The lowest BCUT2D eigenvalue weighted by molar-refractivity contribution is 0.0702. The zero-order valence-electron chi connectivity index (χ0n) is 16.8. The van der Waals surface area contributed by atoms with E-state index < -0.39 is 17.9 Å². The van der Waals surface area contributed by atoms with E-state index in [1.54, 1.807) is 11.0 Å². The Bertz CT molecular complexity index is 893. The van der Waals surface area contributed by atoms with Gasteiger partial charge in [0.25, 0.3) is 5.91 Å². The number of hydrogen-bond donors (Lipinski definition) is 2. The molecule has 1 fully saturated rings. The monoisotopic (exact) mass is 419 g/mol. The van der Waals surface area contributed by atoms with E-state index in [0.29, 0.717) is 36.9 Å². The van der Waals surface area contributed by atoms with Gasteiger partial charge in [-0.1, -0.05) is 20.8 Å². The predicted molar refractivity (Wildman–Crippen MR) is 111 cm³/mol. The van der Waals surface area contributed by atoms with E-state index >= 15 is 0 Å². The second-order valence-corrected chi connectivity index (χ2v) is 9.58. The lowest BCUT2D eigenvalue weighted by atomic mass is 9.90. The number of aliphatic hydroxyl groups is 1. The molecule has 0 saturated heterocycles. The first-order valence-electron chi connectivity index (χ1n) is 9.72. The number of hydrogen-bond acceptors (Lipinski definition) is 4. The largest absolute Gasteiger partial charge is 0.477 e. The molecule has 1 heterocycles. The third-order valence-corrected chi connectivity index (χ3v) is 6.78. The molecular formula is C22H26FNO4S. The minimum atomic E-state index is -1.08. The van der Waals surface area contributed by atoms with E-state index in [2.05, 4.69) is 0 Å². The van der Waals surface area contributed by atoms with Crippen LogP contribution in [0.1, 0.15) is 71.4 Å². The van der Waals surface area contributed by atoms with Crippen molar-refractivity contribution in [1.29, 1.82) is 0 Å². The normalized spacial score (nSPS) is 19.8. The molecule has 7 heteroatoms. The van der Waals surface area contributed by atoms with Crippen LogP contribution in [0.3, 0.4) is 0 Å². The van der Waals surface area contributed by atoms with Crippen LogP contribution in [0.15, 0.2) is 30.3 Å². The third kappa shape index (κ3) is 4.67. The van der Waals surface area contributed by atoms with Crippen LogP contribution >= 0.6 is 11.3 Å². The molecule has 0 bridgehead atoms. The smallest absolute Gasteiger partial charge is 0.348 e. The van der Waals surface area contributed by atoms with Crippen molar-refractivity contribution in [2.75, 3.05) is 4.90 Å². The number of carboxylic acid groups (broad SMARTS) is 1. The van der Waals surface area contributed by atoms with E-state index in [-0.39, 0.29) is 22.2 Å². The van der Waals surface area contributed by atoms with E-state index in [1.807, 2.05) is 20.8 Å². The van der Waals surface area contributed by atoms with E-state index in [9.17, 15) is 24.2 Å². The predicted octanol–water partition coefficient (Wildman–Crippen LogP) is 4.83. The summed E-state index contributed by atoms with van der Waals surface area (Å²) in [6.45, 7) is 5.99. The van der Waals surface area contributed by atoms with Crippen LogP contribution in [0.25, 0.3) is 0 Å². The Morgan fingerprint density at radius 2 is 1.69 bits per heavy atom. The Hall–Kier alpha value is -2.25. The van der Waals surface area contributed by atoms with Gasteiger partial charge >= 0.3 is 5.97 Å². The highest BCUT2D eigenvalue weighted by molar-refractivity contribution is 7.14. The average Bonchev–Trinajstić information content (AvgIpc) is 3.10. The molecule has 1 saturated carbocycles. The maximum Gasteiger partial charge on any atom is 0.348 e. The van der Waals surface area contributed by atoms with Gasteiger partial charge in [0.15, 0.2) is 0 Å². The van der Waals surface area contributed by atoms with Crippen molar-refractivity contribution in [3.63, 3.8) is 0 Å². The molecule has 0 radical (unpaired) electrons. The van der Waals surface area contributed by atoms with E-state index in [0.717, 1.165) is 4.88 Å². The van der Waals surface area contributed by atoms with Crippen LogP contribution in [0.4, 0.5) is 10.1 Å². The Morgan fingerprint density at radius 3 is 2.21 bits per heavy atom. The number of halogens is 1. The van der Waals surface area contributed by atoms with Gasteiger partial charge in [-0.25, -0.2) is 9.18 Å². The lowest BCUT2D eigenvalue weighted by Gasteiger charge is -2.35. The van der Waals surface area contributed by atoms with E-state index in [1.165, 1.54) is 35.6 Å². The summed E-state index contributed by atoms with van der Waals surface area (Å²) in [6.07, 6.45) is 1.86. The first-order chi connectivity index (χ1) is 13.6. The van der Waals surface area contributed by atoms with Crippen LogP contribution in [-0.4, -0.2) is 34.2 Å². The van der Waals surface area contributed by atoms with Crippen molar-refractivity contribution in [1.82, 2.24) is 0 Å². The molecule has 0 atom stereocenters. The Labute approximate surface area is 173 Å². The Morgan fingerprint density at radius 1 is 1.10 bits per heavy atom. The molecule has 1 aliphatic carbocycles. The van der Waals surface area contributed by atoms with E-state index in [4.69, 9.17) is 0 Å². The molecule has 1 amide bonds. The maximum absolute atomic E-state index is 13.4. The van der Waals surface area contributed by atoms with Crippen LogP contribution in [-0.2, 0) is 5.41 Å². The molecule has 3 rings (SSSR count). The molecule has 2 N–H and O–H groups in total. The summed E-state index contributed by atoms with van der Waals surface area (Å²) < 4.78 is 13.3. The molecular weight excluding hydrogens is 393 g/mol. The molecule has 0 unspecified atom stereocenters. The highest BCUT2D eigenvalue weighted by Crippen LogP contribution is 2.40. The minimum Gasteiger partial charge on any atom is -0.477 e. The van der Waals surface area contributed by atoms with Crippen molar-refractivity contribution >= 4 is 28.9 Å². The first kappa shape index (κ1) is 21.5. The zero-order chi connectivity index (χ0) is 21.3. The Balaban J connectivity index is 2.10. The third-order valence-electron chi connectivity index (χ3n) is 5.25. The van der Waals surface area contributed by atoms with Gasteiger partial charge in [-0.05, 0) is 61.4 Å². The number of anilines is 1. The molecule has 0 aliphatic heterocycles. The molecule has 29 heavy (non-hydrogen) atoms. The van der Waals surface area contributed by atoms with Crippen molar-refractivity contribution in [2.45, 2.75) is 64.0 Å². The highest BCUT2D eigenvalue weighted by Gasteiger charge is 2.35. The molecule has 5 nitrogen and oxygen atoms in total. The fourth-order valence-corrected chi connectivity index (χ4v) is 4.65. The van der Waals surface area contributed by atoms with Crippen LogP contribution < -0.4 is 4.90 Å². The second kappa shape index (κ2) is 8.24. The van der Waals surface area contributed by atoms with Gasteiger partial charge < -0.3 is 15.1 Å². The van der Waals surface area contributed by atoms with Crippen LogP contribution in [0.2, 0.25) is 0 Å². The molecule has 2 aromatic rings. The van der Waals surface area contributed by atoms with Gasteiger partial charge in [-0.3, -0.25) is 4.79 Å². The van der Waals surface area contributed by atoms with Crippen LogP contribution in [0, 0.1) is 5.82 Å². The standard InChI is InChI=1S/C22H26FNO4S/c1-22(2,3)18-12-17(19(29-18)21(27)28)24(15-8-10-16(25)11-9-15)20(26)13-4-6-14(23)7-5-13/h4-7,12,15-16,25H,8-11H2,1-3H3,(H,27,28). The van der Waals surface area contributed by atoms with Crippen molar-refractivity contribution in [2.24, 2.45) is 0 Å². The minimum absolute atomic E-state index is 0.122. The molecule has 1 aromatic heterocycles. The topological polar surface area (TPSA) is 77.8 Å². The number of carbonyl (C=O) groups excluding carboxylic acids is 1. The van der Waals surface area contributed by atoms with Crippen molar-refractivity contribution in [3.8, 4) is 0 Å². The van der Waals surface area contributed by atoms with Crippen LogP contribution in [0.5, 0.6) is 0 Å². The molecule has 0 spiro atoms. The van der Waals surface area contributed by atoms with Gasteiger partial charge in [0.1, 0.15) is 10.7 Å². The molecule has 1 aromatic carbocycles. The summed E-state index contributed by atoms with van der Waals surface area (Å²) in [4.78, 5) is 28.0. The number of thiophene rings is 1. The fraction of sp³-hybridized carbons (Fsp3) is 0.455. The number of aromatic carboxylic acids is 1. The first-order valence-corrected chi connectivity index (χ1v) is 10.5. The molecule has 156 valence electrons. The second-order valence-electron chi connectivity index (χ2n) is 8.52. The summed E-state index contributed by atoms with van der Waals surface area (Å²) in [7, 11) is 0. The van der Waals surface area contributed by atoms with Crippen molar-refractivity contribution in [3.05, 3.63) is 51.5 Å². The lowest BCUT2D eigenvalue weighted by Crippen LogP contribution is -2.43. The number of carbonyl (C=O) groups is 2. The van der Waals surface area contributed by atoms with Gasteiger partial charge in [-0.2, -0.15) is 0 Å². The Kier molecular flexibility index (Phi) is 6.10. The van der Waals surface area contributed by atoms with Gasteiger partial charge in [0.2, 0.25) is 0 Å². The number of nitrogens with zero attached hydrogens (tertiary/aromatic N) is 1. The SMILES string of the molecule is CC(C)(C)c1cc(N(C(=O)c2ccc(F)cc2)C2CCC(O)CC2)c(C(=O)O)s1. The number of benzene rings is 1. The van der Waals surface area contributed by atoms with Crippen molar-refractivity contribution < 1.29 is 24.2 Å². The maximum atomic E-state index is 13.4. The quantitative estimate of drug-likeness (QED) is 0.744. The summed E-state index contributed by atoms with van der Waals surface area (Å²) >= 11 is 1.18. The van der Waals surface area contributed by atoms with Gasteiger partial charge in [-0.15, -0.1) is 11.3 Å². The highest BCUT2D eigenvalue weighted by atomic mass is 32.1. The summed E-state index contributed by atoms with van der Waals surface area (Å²) in [5.41, 5.74) is 0.418. The number of amides is 1. The van der Waals surface area contributed by atoms with Gasteiger partial charge in [0.05, 0.1) is 11.8 Å². The number of aliphatic hydroxyl groups excluding tert-OH is 1.